The molecule has 0 bridgehead atoms. The van der Waals surface area contributed by atoms with Crippen LogP contribution in [0.2, 0.25) is 0 Å². The lowest BCUT2D eigenvalue weighted by Crippen LogP contribution is -2.30. The van der Waals surface area contributed by atoms with Gasteiger partial charge in [0.2, 0.25) is 0 Å². The summed E-state index contributed by atoms with van der Waals surface area (Å²) in [4.78, 5) is 24.6. The van der Waals surface area contributed by atoms with Gasteiger partial charge in [-0.1, -0.05) is 6.08 Å². The summed E-state index contributed by atoms with van der Waals surface area (Å²) in [6, 6.07) is 0. The second-order valence-corrected chi connectivity index (χ2v) is 7.33. The Morgan fingerprint density at radius 1 is 1.11 bits per heavy atom. The van der Waals surface area contributed by atoms with Gasteiger partial charge in [-0.05, 0) is 23.1 Å². The molecule has 9 nitrogen and oxygen atoms in total. The Labute approximate surface area is 201 Å². The number of hydrogen-bond donors (Lipinski definition) is 2. The van der Waals surface area contributed by atoms with Crippen molar-refractivity contribution in [3.05, 3.63) is 59.7 Å². The van der Waals surface area contributed by atoms with E-state index in [-0.39, 0.29) is 0 Å². The lowest BCUT2D eigenvalue weighted by atomic mass is 9.97. The van der Waals surface area contributed by atoms with Crippen molar-refractivity contribution in [2.75, 3.05) is 13.2 Å². The number of ether oxygens (including phenoxy) is 1. The maximum Gasteiger partial charge on any atom is 0.490 e. The average Bonchev–Trinajstić information content (AvgIpc) is 3.18. The Kier molecular flexibility index (Phi) is 11.5. The van der Waals surface area contributed by atoms with Gasteiger partial charge in [-0.2, -0.15) is 31.4 Å². The lowest BCUT2D eigenvalue weighted by molar-refractivity contribution is -0.193. The predicted octanol–water partition coefficient (Wildman–Crippen LogP) is 3.34. The molecular formula is C21H24F6N4O5. The third-order valence-electron chi connectivity index (χ3n) is 4.45. The van der Waals surface area contributed by atoms with Crippen molar-refractivity contribution in [3.8, 4) is 0 Å². The van der Waals surface area contributed by atoms with E-state index in [2.05, 4.69) is 27.8 Å². The van der Waals surface area contributed by atoms with E-state index in [1.54, 1.807) is 6.08 Å². The molecule has 3 rings (SSSR count). The van der Waals surface area contributed by atoms with Crippen LogP contribution in [0.1, 0.15) is 22.3 Å². The number of nitrogens with zero attached hydrogens (tertiary/aromatic N) is 4. The number of pyridine rings is 1. The highest BCUT2D eigenvalue weighted by Gasteiger charge is 2.38. The Morgan fingerprint density at radius 3 is 2.17 bits per heavy atom. The first-order chi connectivity index (χ1) is 16.6. The molecule has 2 aromatic rings. The zero-order chi connectivity index (χ0) is 27.5. The molecule has 200 valence electrons. The molecule has 0 fully saturated rings. The van der Waals surface area contributed by atoms with Gasteiger partial charge in [-0.15, -0.1) is 6.58 Å². The third kappa shape index (κ3) is 10.9. The minimum absolute atomic E-state index is 0.580. The molecule has 0 spiro atoms. The first kappa shape index (κ1) is 30.6. The highest BCUT2D eigenvalue weighted by molar-refractivity contribution is 5.73. The van der Waals surface area contributed by atoms with E-state index in [1.807, 2.05) is 30.3 Å². The van der Waals surface area contributed by atoms with Crippen LogP contribution < -0.4 is 0 Å². The average molecular weight is 526 g/mol. The van der Waals surface area contributed by atoms with Crippen LogP contribution in [0.15, 0.2) is 37.4 Å². The summed E-state index contributed by atoms with van der Waals surface area (Å²) in [5.74, 6) is -5.51. The number of alkyl halides is 6. The van der Waals surface area contributed by atoms with E-state index in [0.29, 0.717) is 13.2 Å². The highest BCUT2D eigenvalue weighted by atomic mass is 19.4. The van der Waals surface area contributed by atoms with Crippen molar-refractivity contribution in [1.29, 1.82) is 0 Å². The molecule has 0 saturated carbocycles. The number of aliphatic carboxylic acids is 2. The van der Waals surface area contributed by atoms with Crippen molar-refractivity contribution in [2.45, 2.75) is 38.5 Å². The lowest BCUT2D eigenvalue weighted by Gasteiger charge is -2.29. The molecule has 2 aromatic heterocycles. The van der Waals surface area contributed by atoms with Crippen molar-refractivity contribution in [1.82, 2.24) is 19.7 Å². The summed E-state index contributed by atoms with van der Waals surface area (Å²) < 4.78 is 70.9. The molecule has 0 saturated heterocycles. The smallest absolute Gasteiger partial charge is 0.475 e. The van der Waals surface area contributed by atoms with E-state index in [0.717, 1.165) is 26.1 Å². The summed E-state index contributed by atoms with van der Waals surface area (Å²) in [6.45, 7) is 7.80. The van der Waals surface area contributed by atoms with Gasteiger partial charge in [0.25, 0.3) is 0 Å². The number of fused-ring (bicyclic) bond motifs is 1. The first-order valence-electron chi connectivity index (χ1n) is 10.1. The zero-order valence-corrected chi connectivity index (χ0v) is 19.0. The zero-order valence-electron chi connectivity index (χ0n) is 19.0. The fourth-order valence-corrected chi connectivity index (χ4v) is 2.95. The standard InChI is InChI=1S/C17H22N4O.2C2HF3O2/c1-3-6-22-13-16-9-18-8-15-12-21(5-4-17(15)16)11-14-7-19-20(2)10-14;2*3-2(4,5)1(6)7/h3,7-10H,1,4-6,11-13H2,2H3;2*(H,6,7). The van der Waals surface area contributed by atoms with Crippen molar-refractivity contribution < 1.29 is 50.9 Å². The monoisotopic (exact) mass is 526 g/mol. The Morgan fingerprint density at radius 2 is 1.69 bits per heavy atom. The summed E-state index contributed by atoms with van der Waals surface area (Å²) in [6.07, 6.45) is 0.588. The van der Waals surface area contributed by atoms with Crippen LogP contribution in [0.3, 0.4) is 0 Å². The molecule has 1 aliphatic rings. The van der Waals surface area contributed by atoms with Crippen LogP contribution in [0, 0.1) is 0 Å². The number of aromatic nitrogens is 3. The minimum Gasteiger partial charge on any atom is -0.475 e. The largest absolute Gasteiger partial charge is 0.490 e. The number of rotatable bonds is 6. The summed E-state index contributed by atoms with van der Waals surface area (Å²) in [7, 11) is 1.95. The number of carboxylic acids is 2. The van der Waals surface area contributed by atoms with E-state index >= 15 is 0 Å². The molecule has 2 N–H and O–H groups in total. The number of carbonyl (C=O) groups is 2. The van der Waals surface area contributed by atoms with Crippen molar-refractivity contribution >= 4 is 11.9 Å². The van der Waals surface area contributed by atoms with Gasteiger partial charge in [-0.25, -0.2) is 9.59 Å². The SMILES string of the molecule is C=CCOCc1cncc2c1CCN(Cc1cnn(C)c1)C2.O=C(O)C(F)(F)F.O=C(O)C(F)(F)F. The molecule has 3 heterocycles. The van der Waals surface area contributed by atoms with Gasteiger partial charge >= 0.3 is 24.3 Å². The Bertz CT molecular complexity index is 999. The van der Waals surface area contributed by atoms with Gasteiger partial charge < -0.3 is 14.9 Å². The molecule has 15 heteroatoms. The van der Waals surface area contributed by atoms with Crippen LogP contribution in [-0.2, 0) is 47.5 Å². The fourth-order valence-electron chi connectivity index (χ4n) is 2.95. The van der Waals surface area contributed by atoms with Gasteiger partial charge in [0.15, 0.2) is 0 Å². The second-order valence-electron chi connectivity index (χ2n) is 7.33. The molecule has 0 aliphatic carbocycles. The highest BCUT2D eigenvalue weighted by Crippen LogP contribution is 2.23. The van der Waals surface area contributed by atoms with E-state index < -0.39 is 24.3 Å². The van der Waals surface area contributed by atoms with Crippen LogP contribution in [0.5, 0.6) is 0 Å². The number of halogens is 6. The van der Waals surface area contributed by atoms with Crippen LogP contribution in [-0.4, -0.2) is 67.3 Å². The summed E-state index contributed by atoms with van der Waals surface area (Å²) >= 11 is 0. The normalized spacial score (nSPS) is 13.4. The molecular weight excluding hydrogens is 502 g/mol. The van der Waals surface area contributed by atoms with Gasteiger partial charge in [-0.3, -0.25) is 14.6 Å². The van der Waals surface area contributed by atoms with E-state index in [4.69, 9.17) is 24.5 Å². The van der Waals surface area contributed by atoms with E-state index in [9.17, 15) is 26.3 Å². The van der Waals surface area contributed by atoms with Crippen LogP contribution in [0.25, 0.3) is 0 Å². The molecule has 36 heavy (non-hydrogen) atoms. The van der Waals surface area contributed by atoms with Crippen molar-refractivity contribution in [3.63, 3.8) is 0 Å². The van der Waals surface area contributed by atoms with Gasteiger partial charge in [0.1, 0.15) is 0 Å². The van der Waals surface area contributed by atoms with Crippen molar-refractivity contribution in [2.24, 2.45) is 7.05 Å². The number of aryl methyl sites for hydroxylation is 1. The predicted molar refractivity (Wildman–Crippen MR) is 112 cm³/mol. The third-order valence-corrected chi connectivity index (χ3v) is 4.45. The molecule has 0 amide bonds. The van der Waals surface area contributed by atoms with Gasteiger partial charge in [0.05, 0.1) is 19.4 Å². The molecule has 0 atom stereocenters. The number of hydrogen-bond acceptors (Lipinski definition) is 6. The van der Waals surface area contributed by atoms with Crippen LogP contribution >= 0.6 is 0 Å². The Hall–Kier alpha value is -3.46. The molecule has 0 aromatic carbocycles. The van der Waals surface area contributed by atoms with Gasteiger partial charge in [0, 0.05) is 50.8 Å². The molecule has 0 unspecified atom stereocenters. The maximum absolute atomic E-state index is 10.6. The first-order valence-corrected chi connectivity index (χ1v) is 10.1. The van der Waals surface area contributed by atoms with Crippen LogP contribution in [0.4, 0.5) is 26.3 Å². The molecule has 0 radical (unpaired) electrons. The minimum atomic E-state index is -5.08. The van der Waals surface area contributed by atoms with E-state index in [1.165, 1.54) is 22.3 Å². The fraction of sp³-hybridized carbons (Fsp3) is 0.429. The number of carboxylic acid groups (broad SMARTS) is 2. The Balaban J connectivity index is 0.000000383. The summed E-state index contributed by atoms with van der Waals surface area (Å²) in [5.41, 5.74) is 5.18. The second kappa shape index (κ2) is 13.6. The summed E-state index contributed by atoms with van der Waals surface area (Å²) in [5, 5.41) is 18.5. The molecule has 1 aliphatic heterocycles. The topological polar surface area (TPSA) is 118 Å². The maximum atomic E-state index is 10.6. The quantitative estimate of drug-likeness (QED) is 0.335.